The lowest BCUT2D eigenvalue weighted by molar-refractivity contribution is 0.180. The molecule has 1 aromatic carbocycles. The topological polar surface area (TPSA) is 61.5 Å². The minimum atomic E-state index is -0.0437. The fourth-order valence-corrected chi connectivity index (χ4v) is 3.58. The molecule has 6 nitrogen and oxygen atoms in total. The summed E-state index contributed by atoms with van der Waals surface area (Å²) in [6.45, 7) is 7.99. The fraction of sp³-hybridized carbons (Fsp3) is 0.524. The summed E-state index contributed by atoms with van der Waals surface area (Å²) in [6, 6.07) is 7.90. The Kier molecular flexibility index (Phi) is 6.97. The van der Waals surface area contributed by atoms with Crippen molar-refractivity contribution in [1.82, 2.24) is 9.97 Å². The van der Waals surface area contributed by atoms with E-state index in [4.69, 9.17) is 21.3 Å². The third-order valence-electron chi connectivity index (χ3n) is 5.11. The van der Waals surface area contributed by atoms with Crippen molar-refractivity contribution in [2.75, 3.05) is 43.1 Å². The van der Waals surface area contributed by atoms with E-state index >= 15 is 0 Å². The van der Waals surface area contributed by atoms with Crippen LogP contribution in [0.15, 0.2) is 29.1 Å². The molecule has 3 rings (SSSR count). The lowest BCUT2D eigenvalue weighted by Gasteiger charge is -2.36. The molecule has 0 unspecified atom stereocenters. The van der Waals surface area contributed by atoms with E-state index in [9.17, 15) is 4.79 Å². The summed E-state index contributed by atoms with van der Waals surface area (Å²) in [6.07, 6.45) is 1.68. The Hall–Kier alpha value is -2.05. The molecule has 1 fully saturated rings. The van der Waals surface area contributed by atoms with Gasteiger partial charge < -0.3 is 14.5 Å². The molecule has 0 radical (unpaired) electrons. The second-order valence-corrected chi connectivity index (χ2v) is 8.07. The molecule has 28 heavy (non-hydrogen) atoms. The predicted octanol–water partition coefficient (Wildman–Crippen LogP) is 3.48. The van der Waals surface area contributed by atoms with E-state index in [-0.39, 0.29) is 5.56 Å². The van der Waals surface area contributed by atoms with E-state index in [1.165, 1.54) is 0 Å². The van der Waals surface area contributed by atoms with Crippen LogP contribution >= 0.6 is 11.6 Å². The minimum Gasteiger partial charge on any atom is -0.378 e. The van der Waals surface area contributed by atoms with Gasteiger partial charge >= 0.3 is 0 Å². The lowest BCUT2D eigenvalue weighted by Crippen LogP contribution is -2.47. The SMILES string of the molecule is COCc1nc(N2CCN(c3ccc(Cl)cc3)CC2)[nH]c(=O)c1CCC(C)C. The van der Waals surface area contributed by atoms with Crippen LogP contribution in [0.4, 0.5) is 11.6 Å². The number of hydrogen-bond donors (Lipinski definition) is 1. The quantitative estimate of drug-likeness (QED) is 0.765. The van der Waals surface area contributed by atoms with Gasteiger partial charge in [0.15, 0.2) is 0 Å². The van der Waals surface area contributed by atoms with Crippen molar-refractivity contribution >= 4 is 23.2 Å². The summed E-state index contributed by atoms with van der Waals surface area (Å²) >= 11 is 5.98. The molecule has 1 aliphatic rings. The molecule has 152 valence electrons. The number of nitrogens with zero attached hydrogens (tertiary/aromatic N) is 3. The fourth-order valence-electron chi connectivity index (χ4n) is 3.46. The van der Waals surface area contributed by atoms with Crippen molar-refractivity contribution in [3.8, 4) is 0 Å². The Balaban J connectivity index is 1.73. The normalized spacial score (nSPS) is 14.8. The molecule has 2 aromatic rings. The highest BCUT2D eigenvalue weighted by Gasteiger charge is 2.21. The molecule has 0 amide bonds. The van der Waals surface area contributed by atoms with E-state index in [0.717, 1.165) is 61.0 Å². The van der Waals surface area contributed by atoms with Gasteiger partial charge in [-0.2, -0.15) is 0 Å². The zero-order valence-electron chi connectivity index (χ0n) is 16.9. The molecular weight excluding hydrogens is 376 g/mol. The van der Waals surface area contributed by atoms with Gasteiger partial charge in [-0.25, -0.2) is 4.98 Å². The van der Waals surface area contributed by atoms with Crippen LogP contribution in [-0.4, -0.2) is 43.3 Å². The number of ether oxygens (including phenoxy) is 1. The molecule has 0 bridgehead atoms. The van der Waals surface area contributed by atoms with E-state index in [0.29, 0.717) is 18.5 Å². The Labute approximate surface area is 171 Å². The molecule has 0 atom stereocenters. The average Bonchev–Trinajstić information content (AvgIpc) is 2.68. The Morgan fingerprint density at radius 1 is 1.14 bits per heavy atom. The first-order valence-electron chi connectivity index (χ1n) is 9.84. The third kappa shape index (κ3) is 5.06. The highest BCUT2D eigenvalue weighted by Crippen LogP contribution is 2.21. The van der Waals surface area contributed by atoms with Crippen LogP contribution in [0.5, 0.6) is 0 Å². The Morgan fingerprint density at radius 2 is 1.79 bits per heavy atom. The summed E-state index contributed by atoms with van der Waals surface area (Å²) in [5.41, 5.74) is 2.62. The van der Waals surface area contributed by atoms with Gasteiger partial charge in [0, 0.05) is 49.6 Å². The maximum atomic E-state index is 12.7. The highest BCUT2D eigenvalue weighted by atomic mass is 35.5. The van der Waals surface area contributed by atoms with Gasteiger partial charge in [0.1, 0.15) is 0 Å². The van der Waals surface area contributed by atoms with E-state index in [1.54, 1.807) is 7.11 Å². The number of piperazine rings is 1. The van der Waals surface area contributed by atoms with Crippen molar-refractivity contribution in [2.45, 2.75) is 33.3 Å². The average molecular weight is 405 g/mol. The van der Waals surface area contributed by atoms with Crippen LogP contribution in [0, 0.1) is 5.92 Å². The largest absolute Gasteiger partial charge is 0.378 e. The van der Waals surface area contributed by atoms with Gasteiger partial charge in [0.05, 0.1) is 12.3 Å². The number of halogens is 1. The number of hydrogen-bond acceptors (Lipinski definition) is 5. The number of aromatic amines is 1. The zero-order chi connectivity index (χ0) is 20.1. The van der Waals surface area contributed by atoms with Crippen molar-refractivity contribution in [1.29, 1.82) is 0 Å². The van der Waals surface area contributed by atoms with Crippen molar-refractivity contribution in [2.24, 2.45) is 5.92 Å². The predicted molar refractivity (Wildman–Crippen MR) is 115 cm³/mol. The molecule has 1 aliphatic heterocycles. The molecule has 1 aromatic heterocycles. The van der Waals surface area contributed by atoms with Crippen LogP contribution in [0.3, 0.4) is 0 Å². The molecule has 2 heterocycles. The minimum absolute atomic E-state index is 0.0437. The standard InChI is InChI=1S/C21H29ClN4O2/c1-15(2)4-9-18-19(14-28-3)23-21(24-20(18)27)26-12-10-25(11-13-26)17-7-5-16(22)6-8-17/h5-8,15H,4,9-14H2,1-3H3,(H,23,24,27). The maximum absolute atomic E-state index is 12.7. The van der Waals surface area contributed by atoms with Crippen LogP contribution in [0.25, 0.3) is 0 Å². The van der Waals surface area contributed by atoms with Crippen LogP contribution < -0.4 is 15.4 Å². The summed E-state index contributed by atoms with van der Waals surface area (Å²) in [5, 5.41) is 0.743. The summed E-state index contributed by atoms with van der Waals surface area (Å²) in [5.74, 6) is 1.18. The summed E-state index contributed by atoms with van der Waals surface area (Å²) in [7, 11) is 1.64. The van der Waals surface area contributed by atoms with Crippen LogP contribution in [-0.2, 0) is 17.8 Å². The number of nitrogens with one attached hydrogen (secondary N) is 1. The lowest BCUT2D eigenvalue weighted by atomic mass is 10.0. The number of rotatable bonds is 7. The number of benzene rings is 1. The second kappa shape index (κ2) is 9.43. The van der Waals surface area contributed by atoms with Gasteiger partial charge in [-0.1, -0.05) is 25.4 Å². The van der Waals surface area contributed by atoms with Crippen molar-refractivity contribution in [3.05, 3.63) is 50.9 Å². The van der Waals surface area contributed by atoms with Crippen molar-refractivity contribution in [3.63, 3.8) is 0 Å². The van der Waals surface area contributed by atoms with E-state index in [1.807, 2.05) is 24.3 Å². The van der Waals surface area contributed by atoms with Gasteiger partial charge in [-0.15, -0.1) is 0 Å². The Bertz CT molecular complexity index is 827. The molecule has 1 saturated heterocycles. The zero-order valence-corrected chi connectivity index (χ0v) is 17.6. The van der Waals surface area contributed by atoms with E-state index < -0.39 is 0 Å². The molecule has 1 N–H and O–H groups in total. The van der Waals surface area contributed by atoms with E-state index in [2.05, 4.69) is 28.6 Å². The van der Waals surface area contributed by atoms with Crippen molar-refractivity contribution < 1.29 is 4.74 Å². The molecular formula is C21H29ClN4O2. The molecule has 0 saturated carbocycles. The summed E-state index contributed by atoms with van der Waals surface area (Å²) in [4.78, 5) is 24.9. The van der Waals surface area contributed by atoms with Crippen LogP contribution in [0.1, 0.15) is 31.5 Å². The monoisotopic (exact) mass is 404 g/mol. The number of H-pyrrole nitrogens is 1. The first kappa shape index (κ1) is 20.7. The van der Waals surface area contributed by atoms with Gasteiger partial charge in [-0.05, 0) is 43.0 Å². The van der Waals surface area contributed by atoms with Gasteiger partial charge in [0.2, 0.25) is 5.95 Å². The highest BCUT2D eigenvalue weighted by molar-refractivity contribution is 6.30. The second-order valence-electron chi connectivity index (χ2n) is 7.63. The smallest absolute Gasteiger partial charge is 0.255 e. The maximum Gasteiger partial charge on any atom is 0.255 e. The number of anilines is 2. The van der Waals surface area contributed by atoms with Gasteiger partial charge in [-0.3, -0.25) is 9.78 Å². The summed E-state index contributed by atoms with van der Waals surface area (Å²) < 4.78 is 5.30. The third-order valence-corrected chi connectivity index (χ3v) is 5.36. The molecule has 0 spiro atoms. The first-order valence-corrected chi connectivity index (χ1v) is 10.2. The Morgan fingerprint density at radius 3 is 2.39 bits per heavy atom. The molecule has 0 aliphatic carbocycles. The number of aromatic nitrogens is 2. The molecule has 7 heteroatoms. The first-order chi connectivity index (χ1) is 13.5. The number of methoxy groups -OCH3 is 1. The van der Waals surface area contributed by atoms with Gasteiger partial charge in [0.25, 0.3) is 5.56 Å². The van der Waals surface area contributed by atoms with Crippen LogP contribution in [0.2, 0.25) is 5.02 Å².